The third-order valence-corrected chi connectivity index (χ3v) is 5.67. The van der Waals surface area contributed by atoms with Crippen molar-refractivity contribution < 1.29 is 9.53 Å². The minimum Gasteiger partial charge on any atom is -0.383 e. The van der Waals surface area contributed by atoms with Gasteiger partial charge in [0.2, 0.25) is 0 Å². The molecular weight excluding hydrogens is 320 g/mol. The average Bonchev–Trinajstić information content (AvgIpc) is 3.23. The third kappa shape index (κ3) is 2.64. The second kappa shape index (κ2) is 6.42. The first kappa shape index (κ1) is 15.4. The Kier molecular flexibility index (Phi) is 4.12. The van der Waals surface area contributed by atoms with E-state index in [4.69, 9.17) is 4.74 Å². The zero-order valence-electron chi connectivity index (χ0n) is 13.7. The summed E-state index contributed by atoms with van der Waals surface area (Å²) in [6, 6.07) is 10.2. The van der Waals surface area contributed by atoms with E-state index in [9.17, 15) is 4.79 Å². The third-order valence-electron chi connectivity index (χ3n) is 4.65. The maximum Gasteiger partial charge on any atom is 0.256 e. The molecule has 4 nitrogen and oxygen atoms in total. The lowest BCUT2D eigenvalue weighted by Gasteiger charge is -2.26. The summed E-state index contributed by atoms with van der Waals surface area (Å²) in [5.74, 6) is 0.124. The molecule has 2 aromatic heterocycles. The zero-order chi connectivity index (χ0) is 16.5. The number of carbonyl (C=O) groups is 1. The normalized spacial score (nSPS) is 14.1. The quantitative estimate of drug-likeness (QED) is 0.728. The number of amides is 1. The molecule has 0 aliphatic carbocycles. The fourth-order valence-electron chi connectivity index (χ4n) is 3.38. The van der Waals surface area contributed by atoms with Gasteiger partial charge in [-0.05, 0) is 29.5 Å². The van der Waals surface area contributed by atoms with Gasteiger partial charge < -0.3 is 14.2 Å². The van der Waals surface area contributed by atoms with Crippen molar-refractivity contribution in [1.82, 2.24) is 9.47 Å². The molecule has 24 heavy (non-hydrogen) atoms. The number of aromatic nitrogens is 1. The Morgan fingerprint density at radius 1 is 1.29 bits per heavy atom. The van der Waals surface area contributed by atoms with Crippen LogP contribution in [0.5, 0.6) is 0 Å². The monoisotopic (exact) mass is 340 g/mol. The van der Waals surface area contributed by atoms with E-state index in [-0.39, 0.29) is 5.91 Å². The van der Waals surface area contributed by atoms with E-state index in [2.05, 4.69) is 22.1 Å². The summed E-state index contributed by atoms with van der Waals surface area (Å²) in [6.45, 7) is 2.90. The minimum atomic E-state index is 0.124. The maximum atomic E-state index is 13.1. The summed E-state index contributed by atoms with van der Waals surface area (Å²) in [4.78, 5) is 16.5. The lowest BCUT2D eigenvalue weighted by atomic mass is 10.1. The van der Waals surface area contributed by atoms with E-state index >= 15 is 0 Å². The van der Waals surface area contributed by atoms with Gasteiger partial charge >= 0.3 is 0 Å². The van der Waals surface area contributed by atoms with Crippen molar-refractivity contribution in [2.24, 2.45) is 0 Å². The molecule has 0 N–H and O–H groups in total. The molecule has 5 heteroatoms. The van der Waals surface area contributed by atoms with E-state index in [0.29, 0.717) is 6.61 Å². The van der Waals surface area contributed by atoms with Crippen LogP contribution in [0.1, 0.15) is 20.8 Å². The molecule has 0 unspecified atom stereocenters. The molecule has 0 saturated carbocycles. The van der Waals surface area contributed by atoms with E-state index < -0.39 is 0 Å². The maximum absolute atomic E-state index is 13.1. The van der Waals surface area contributed by atoms with Crippen LogP contribution in [-0.4, -0.2) is 35.6 Å². The number of hydrogen-bond acceptors (Lipinski definition) is 3. The summed E-state index contributed by atoms with van der Waals surface area (Å²) in [5, 5.41) is 3.14. The molecule has 1 aliphatic rings. The van der Waals surface area contributed by atoms with E-state index in [1.807, 2.05) is 29.3 Å². The van der Waals surface area contributed by atoms with Crippen molar-refractivity contribution in [2.75, 3.05) is 20.3 Å². The van der Waals surface area contributed by atoms with Crippen LogP contribution < -0.4 is 0 Å². The number of thiophene rings is 1. The molecule has 0 atom stereocenters. The summed E-state index contributed by atoms with van der Waals surface area (Å²) in [7, 11) is 1.70. The molecule has 1 aliphatic heterocycles. The average molecular weight is 340 g/mol. The highest BCUT2D eigenvalue weighted by atomic mass is 32.1. The van der Waals surface area contributed by atoms with Crippen LogP contribution in [0.15, 0.2) is 41.9 Å². The first-order valence-corrected chi connectivity index (χ1v) is 9.07. The number of fused-ring (bicyclic) bond motifs is 2. The van der Waals surface area contributed by atoms with Gasteiger partial charge in [0.05, 0.1) is 12.2 Å². The smallest absolute Gasteiger partial charge is 0.256 e. The van der Waals surface area contributed by atoms with Crippen LogP contribution in [-0.2, 0) is 24.2 Å². The Morgan fingerprint density at radius 3 is 3.04 bits per heavy atom. The Hall–Kier alpha value is -2.11. The van der Waals surface area contributed by atoms with Crippen LogP contribution in [0.25, 0.3) is 10.9 Å². The van der Waals surface area contributed by atoms with Crippen LogP contribution in [0.4, 0.5) is 0 Å². The van der Waals surface area contributed by atoms with E-state index in [1.54, 1.807) is 18.4 Å². The van der Waals surface area contributed by atoms with Gasteiger partial charge in [0.15, 0.2) is 0 Å². The standard InChI is InChI=1S/C19H20N2O2S/c1-23-10-9-20-13-16(15-4-2-3-5-17(15)20)19(22)21-8-6-18-14(12-21)7-11-24-18/h2-5,7,11,13H,6,8-10,12H2,1H3. The molecule has 0 bridgehead atoms. The summed E-state index contributed by atoms with van der Waals surface area (Å²) >= 11 is 1.79. The Balaban J connectivity index is 1.67. The highest BCUT2D eigenvalue weighted by Crippen LogP contribution is 2.28. The number of nitrogens with zero attached hydrogens (tertiary/aromatic N) is 2. The van der Waals surface area contributed by atoms with Gasteiger partial charge in [-0.15, -0.1) is 11.3 Å². The predicted octanol–water partition coefficient (Wildman–Crippen LogP) is 3.55. The lowest BCUT2D eigenvalue weighted by Crippen LogP contribution is -2.35. The van der Waals surface area contributed by atoms with Gasteiger partial charge in [-0.25, -0.2) is 0 Å². The van der Waals surface area contributed by atoms with Gasteiger partial charge in [0.1, 0.15) is 0 Å². The van der Waals surface area contributed by atoms with E-state index in [1.165, 1.54) is 10.4 Å². The highest BCUT2D eigenvalue weighted by Gasteiger charge is 2.25. The molecule has 4 rings (SSSR count). The zero-order valence-corrected chi connectivity index (χ0v) is 14.5. The van der Waals surface area contributed by atoms with E-state index in [0.717, 1.165) is 42.5 Å². The second-order valence-corrected chi connectivity index (χ2v) is 7.09. The molecule has 0 radical (unpaired) electrons. The van der Waals surface area contributed by atoms with Crippen molar-refractivity contribution in [3.05, 3.63) is 57.9 Å². The first-order valence-electron chi connectivity index (χ1n) is 8.19. The fraction of sp³-hybridized carbons (Fsp3) is 0.316. The predicted molar refractivity (Wildman–Crippen MR) is 96.6 cm³/mol. The number of benzene rings is 1. The molecule has 1 aromatic carbocycles. The molecule has 3 heterocycles. The van der Waals surface area contributed by atoms with Crippen molar-refractivity contribution >= 4 is 28.1 Å². The summed E-state index contributed by atoms with van der Waals surface area (Å²) in [6.07, 6.45) is 2.94. The molecule has 0 saturated heterocycles. The molecule has 0 spiro atoms. The molecule has 0 fully saturated rings. The molecule has 3 aromatic rings. The van der Waals surface area contributed by atoms with Gasteiger partial charge in [-0.2, -0.15) is 0 Å². The SMILES string of the molecule is COCCn1cc(C(=O)N2CCc3sccc3C2)c2ccccc21. The molecular formula is C19H20N2O2S. The first-order chi connectivity index (χ1) is 11.8. The lowest BCUT2D eigenvalue weighted by molar-refractivity contribution is 0.0737. The van der Waals surface area contributed by atoms with Gasteiger partial charge in [-0.1, -0.05) is 18.2 Å². The highest BCUT2D eigenvalue weighted by molar-refractivity contribution is 7.10. The van der Waals surface area contributed by atoms with Gasteiger partial charge in [-0.3, -0.25) is 4.79 Å². The number of carbonyl (C=O) groups excluding carboxylic acids is 1. The van der Waals surface area contributed by atoms with Crippen LogP contribution >= 0.6 is 11.3 Å². The van der Waals surface area contributed by atoms with Crippen molar-refractivity contribution in [2.45, 2.75) is 19.5 Å². The number of hydrogen-bond donors (Lipinski definition) is 0. The summed E-state index contributed by atoms with van der Waals surface area (Å²) in [5.41, 5.74) is 3.18. The second-order valence-electron chi connectivity index (χ2n) is 6.09. The van der Waals surface area contributed by atoms with Crippen molar-refractivity contribution in [3.8, 4) is 0 Å². The molecule has 1 amide bonds. The van der Waals surface area contributed by atoms with Crippen LogP contribution in [0.3, 0.4) is 0 Å². The largest absolute Gasteiger partial charge is 0.383 e. The topological polar surface area (TPSA) is 34.5 Å². The minimum absolute atomic E-state index is 0.124. The van der Waals surface area contributed by atoms with Gasteiger partial charge in [0.25, 0.3) is 5.91 Å². The summed E-state index contributed by atoms with van der Waals surface area (Å²) < 4.78 is 7.31. The van der Waals surface area contributed by atoms with Gasteiger partial charge in [0, 0.05) is 48.7 Å². The number of methoxy groups -OCH3 is 1. The molecule has 124 valence electrons. The number of rotatable bonds is 4. The Bertz CT molecular complexity index is 881. The fourth-order valence-corrected chi connectivity index (χ4v) is 4.27. The van der Waals surface area contributed by atoms with Crippen LogP contribution in [0.2, 0.25) is 0 Å². The number of para-hydroxylation sites is 1. The van der Waals surface area contributed by atoms with Crippen molar-refractivity contribution in [3.63, 3.8) is 0 Å². The van der Waals surface area contributed by atoms with Crippen LogP contribution in [0, 0.1) is 0 Å². The Labute approximate surface area is 145 Å². The van der Waals surface area contributed by atoms with Crippen molar-refractivity contribution in [1.29, 1.82) is 0 Å². The number of ether oxygens (including phenoxy) is 1. The Morgan fingerprint density at radius 2 is 2.17 bits per heavy atom.